The van der Waals surface area contributed by atoms with E-state index in [0.29, 0.717) is 0 Å². The zero-order chi connectivity index (χ0) is 23.6. The second-order valence-electron chi connectivity index (χ2n) is 6.94. The molecule has 0 bridgehead atoms. The van der Waals surface area contributed by atoms with Crippen molar-refractivity contribution in [2.24, 2.45) is 0 Å². The number of aliphatic hydroxyl groups is 1. The molecule has 3 heterocycles. The Morgan fingerprint density at radius 3 is 2.72 bits per heavy atom. The van der Waals surface area contributed by atoms with Gasteiger partial charge in [-0.05, 0) is 13.8 Å². The minimum atomic E-state index is -4.57. The topological polar surface area (TPSA) is 110 Å². The fourth-order valence-corrected chi connectivity index (χ4v) is 3.08. The van der Waals surface area contributed by atoms with E-state index in [1.807, 2.05) is 0 Å². The summed E-state index contributed by atoms with van der Waals surface area (Å²) in [5.74, 6) is -1.32. The van der Waals surface area contributed by atoms with Gasteiger partial charge in [0.25, 0.3) is 0 Å². The van der Waals surface area contributed by atoms with E-state index in [1.165, 1.54) is 19.9 Å². The number of halogens is 5. The Labute approximate surface area is 184 Å². The highest BCUT2D eigenvalue weighted by atomic mass is 35.5. The predicted octanol–water partition coefficient (Wildman–Crippen LogP) is 3.48. The van der Waals surface area contributed by atoms with E-state index in [1.54, 1.807) is 0 Å². The third-order valence-corrected chi connectivity index (χ3v) is 4.59. The summed E-state index contributed by atoms with van der Waals surface area (Å²) in [5.41, 5.74) is -0.142. The monoisotopic (exact) mass is 479 g/mol. The second kappa shape index (κ2) is 9.28. The van der Waals surface area contributed by atoms with E-state index in [-0.39, 0.29) is 35.0 Å². The van der Waals surface area contributed by atoms with Crippen LogP contribution in [0.25, 0.3) is 0 Å². The summed E-state index contributed by atoms with van der Waals surface area (Å²) < 4.78 is 60.5. The number of hydrogen-bond donors (Lipinski definition) is 2. The van der Waals surface area contributed by atoms with Crippen LogP contribution < -0.4 is 15.0 Å². The lowest BCUT2D eigenvalue weighted by Crippen LogP contribution is -2.41. The number of anilines is 2. The molecule has 2 aromatic heterocycles. The number of ether oxygens (including phenoxy) is 2. The van der Waals surface area contributed by atoms with Gasteiger partial charge in [-0.15, -0.1) is 0 Å². The normalized spacial score (nSPS) is 18.3. The molecule has 1 unspecified atom stereocenters. The molecule has 1 saturated heterocycles. The predicted molar refractivity (Wildman–Crippen MR) is 104 cm³/mol. The molecule has 0 radical (unpaired) electrons. The minimum absolute atomic E-state index is 0.0435. The van der Waals surface area contributed by atoms with Gasteiger partial charge in [0, 0.05) is 12.1 Å². The molecule has 1 aliphatic rings. The number of rotatable bonds is 7. The number of aromatic nitrogens is 3. The van der Waals surface area contributed by atoms with Gasteiger partial charge in [0.15, 0.2) is 12.4 Å². The molecule has 2 N–H and O–H groups in total. The molecule has 3 rings (SSSR count). The number of pyridine rings is 1. The highest BCUT2D eigenvalue weighted by Gasteiger charge is 2.38. The molecule has 0 aliphatic carbocycles. The quantitative estimate of drug-likeness (QED) is 0.459. The third kappa shape index (κ3) is 5.65. The maximum Gasteiger partial charge on any atom is 0.422 e. The molecule has 3 atom stereocenters. The van der Waals surface area contributed by atoms with Crippen molar-refractivity contribution in [2.45, 2.75) is 38.2 Å². The molecule has 0 spiro atoms. The van der Waals surface area contributed by atoms with E-state index in [2.05, 4.69) is 25.0 Å². The molecule has 1 fully saturated rings. The maximum atomic E-state index is 14.4. The first-order chi connectivity index (χ1) is 14.9. The molecular weight excluding hydrogens is 462 g/mol. The van der Waals surface area contributed by atoms with Crippen LogP contribution in [0.2, 0.25) is 5.15 Å². The average molecular weight is 480 g/mol. The van der Waals surface area contributed by atoms with E-state index >= 15 is 0 Å². The highest BCUT2D eigenvalue weighted by molar-refractivity contribution is 6.29. The third-order valence-electron chi connectivity index (χ3n) is 4.39. The lowest BCUT2D eigenvalue weighted by atomic mass is 10.2. The Morgan fingerprint density at radius 1 is 1.38 bits per heavy atom. The Bertz CT molecular complexity index is 994. The Balaban J connectivity index is 1.78. The molecule has 32 heavy (non-hydrogen) atoms. The van der Waals surface area contributed by atoms with Crippen molar-refractivity contribution in [1.29, 1.82) is 0 Å². The van der Waals surface area contributed by atoms with E-state index < -0.39 is 42.9 Å². The molecule has 0 aromatic carbocycles. The van der Waals surface area contributed by atoms with Crippen LogP contribution in [-0.4, -0.2) is 57.7 Å². The summed E-state index contributed by atoms with van der Waals surface area (Å²) in [5, 5.41) is 12.6. The highest BCUT2D eigenvalue weighted by Crippen LogP contribution is 2.28. The Morgan fingerprint density at radius 2 is 2.09 bits per heavy atom. The number of nitrogens with one attached hydrogen (secondary N) is 1. The maximum absolute atomic E-state index is 14.4. The van der Waals surface area contributed by atoms with E-state index in [0.717, 1.165) is 17.2 Å². The average Bonchev–Trinajstić information content (AvgIpc) is 3.07. The summed E-state index contributed by atoms with van der Waals surface area (Å²) in [7, 11) is 0. The van der Waals surface area contributed by atoms with Crippen LogP contribution in [0.5, 0.6) is 5.75 Å². The van der Waals surface area contributed by atoms with Gasteiger partial charge in [0.1, 0.15) is 29.4 Å². The van der Waals surface area contributed by atoms with Crippen LogP contribution in [0.15, 0.2) is 18.3 Å². The van der Waals surface area contributed by atoms with E-state index in [9.17, 15) is 27.5 Å². The van der Waals surface area contributed by atoms with Crippen molar-refractivity contribution >= 4 is 29.5 Å². The van der Waals surface area contributed by atoms with Gasteiger partial charge >= 0.3 is 12.3 Å². The van der Waals surface area contributed by atoms with Gasteiger partial charge in [-0.1, -0.05) is 11.6 Å². The van der Waals surface area contributed by atoms with Gasteiger partial charge in [-0.25, -0.2) is 14.2 Å². The van der Waals surface area contributed by atoms with Gasteiger partial charge in [-0.3, -0.25) is 9.88 Å². The summed E-state index contributed by atoms with van der Waals surface area (Å²) in [6.45, 7) is 1.37. The van der Waals surface area contributed by atoms with Crippen LogP contribution in [0.1, 0.15) is 25.6 Å². The van der Waals surface area contributed by atoms with Gasteiger partial charge in [0.05, 0.1) is 24.0 Å². The van der Waals surface area contributed by atoms with Crippen LogP contribution in [0, 0.1) is 5.82 Å². The van der Waals surface area contributed by atoms with Gasteiger partial charge in [0.2, 0.25) is 5.95 Å². The van der Waals surface area contributed by atoms with Crippen molar-refractivity contribution in [2.75, 3.05) is 23.4 Å². The molecule has 1 aliphatic heterocycles. The number of nitrogens with zero attached hydrogens (tertiary/aromatic N) is 4. The fourth-order valence-electron chi connectivity index (χ4n) is 2.90. The Hall–Kier alpha value is -2.93. The lowest BCUT2D eigenvalue weighted by molar-refractivity contribution is -0.153. The minimum Gasteiger partial charge on any atom is -0.482 e. The summed E-state index contributed by atoms with van der Waals surface area (Å²) in [4.78, 5) is 25.2. The largest absolute Gasteiger partial charge is 0.482 e. The zero-order valence-corrected chi connectivity index (χ0v) is 17.5. The molecule has 0 saturated carbocycles. The number of cyclic esters (lactones) is 1. The lowest BCUT2D eigenvalue weighted by Gasteiger charge is -2.23. The molecule has 14 heteroatoms. The molecule has 1 amide bonds. The van der Waals surface area contributed by atoms with Crippen molar-refractivity contribution in [3.63, 3.8) is 0 Å². The number of aliphatic hydroxyl groups excluding tert-OH is 1. The van der Waals surface area contributed by atoms with Gasteiger partial charge in [-0.2, -0.15) is 18.2 Å². The van der Waals surface area contributed by atoms with Crippen LogP contribution >= 0.6 is 11.6 Å². The molecule has 9 nitrogen and oxygen atoms in total. The first-order valence-electron chi connectivity index (χ1n) is 9.25. The van der Waals surface area contributed by atoms with Crippen LogP contribution in [-0.2, 0) is 4.74 Å². The number of hydrogen-bond acceptors (Lipinski definition) is 8. The summed E-state index contributed by atoms with van der Waals surface area (Å²) in [6.07, 6.45) is -5.26. The summed E-state index contributed by atoms with van der Waals surface area (Å²) in [6, 6.07) is 0.549. The van der Waals surface area contributed by atoms with E-state index in [4.69, 9.17) is 16.3 Å². The molecule has 174 valence electrons. The zero-order valence-electron chi connectivity index (χ0n) is 16.7. The number of amides is 1. The van der Waals surface area contributed by atoms with Crippen LogP contribution in [0.4, 0.5) is 34.1 Å². The van der Waals surface area contributed by atoms with Gasteiger partial charge < -0.3 is 19.9 Å². The van der Waals surface area contributed by atoms with Crippen LogP contribution in [0.3, 0.4) is 0 Å². The fraction of sp³-hybridized carbons (Fsp3) is 0.444. The number of carbonyl (C=O) groups excluding carboxylic acids is 1. The molecule has 2 aromatic rings. The van der Waals surface area contributed by atoms with Crippen molar-refractivity contribution in [3.05, 3.63) is 35.0 Å². The SMILES string of the molecule is C[C@H](Nc1nc(Cl)cc(N2C(=O)OCC2[C@@H](C)O)n1)c1ncc(OCC(F)(F)F)cc1F. The van der Waals surface area contributed by atoms with Crippen molar-refractivity contribution in [3.8, 4) is 5.75 Å². The first kappa shape index (κ1) is 23.7. The van der Waals surface area contributed by atoms with Crippen molar-refractivity contribution in [1.82, 2.24) is 15.0 Å². The standard InChI is InChI=1S/C18H18ClF4N5O4/c1-8(15-11(20)3-10(5-24-15)32-7-18(21,22)23)25-16-26-13(19)4-14(27-16)28-12(9(2)29)6-31-17(28)30/h3-5,8-9,12,29H,6-7H2,1-2H3,(H,25,26,27)/t8-,9+,12?/m0/s1. The summed E-state index contributed by atoms with van der Waals surface area (Å²) >= 11 is 6.03. The first-order valence-corrected chi connectivity index (χ1v) is 9.62. The molecular formula is C18H18ClF4N5O4. The smallest absolute Gasteiger partial charge is 0.422 e. The number of alkyl halides is 3. The van der Waals surface area contributed by atoms with Crippen molar-refractivity contribution < 1.29 is 36.9 Å². The second-order valence-corrected chi connectivity index (χ2v) is 7.32. The Kier molecular flexibility index (Phi) is 6.88. The number of carbonyl (C=O) groups is 1.